The third-order valence-corrected chi connectivity index (χ3v) is 3.95. The maximum Gasteiger partial charge on any atom is 0.428 e. The fourth-order valence-corrected chi connectivity index (χ4v) is 2.72. The smallest absolute Gasteiger partial charge is 0.428 e. The number of halogens is 3. The molecule has 0 bridgehead atoms. The summed E-state index contributed by atoms with van der Waals surface area (Å²) in [5, 5.41) is 12.7. The molecular weight excluding hydrogens is 325 g/mol. The van der Waals surface area contributed by atoms with Gasteiger partial charge >= 0.3 is 12.3 Å². The van der Waals surface area contributed by atoms with Crippen molar-refractivity contribution in [3.8, 4) is 6.07 Å². The molecule has 9 heteroatoms. The molecule has 126 valence electrons. The number of nitrogens with zero attached hydrogens (tertiary/aromatic N) is 3. The summed E-state index contributed by atoms with van der Waals surface area (Å²) in [5.74, 6) is 0. The number of hydrogen-bond acceptors (Lipinski definition) is 5. The van der Waals surface area contributed by atoms with Crippen molar-refractivity contribution in [2.24, 2.45) is 10.5 Å². The number of rotatable bonds is 2. The Bertz CT molecular complexity index is 761. The number of cyclic esters (lactones) is 1. The SMILES string of the molecule is CC1(C#N)CN(c2ccc(C3=NNC(=O)OC3)cc2C(F)(F)F)C1. The zero-order valence-corrected chi connectivity index (χ0v) is 12.6. The maximum atomic E-state index is 13.4. The summed E-state index contributed by atoms with van der Waals surface area (Å²) < 4.78 is 45.0. The molecular formula is C15H13F3N4O2. The number of nitriles is 1. The minimum atomic E-state index is -4.55. The molecule has 0 radical (unpaired) electrons. The monoisotopic (exact) mass is 338 g/mol. The quantitative estimate of drug-likeness (QED) is 0.899. The van der Waals surface area contributed by atoms with Gasteiger partial charge in [-0.05, 0) is 19.1 Å². The van der Waals surface area contributed by atoms with Gasteiger partial charge in [-0.2, -0.15) is 23.5 Å². The summed E-state index contributed by atoms with van der Waals surface area (Å²) in [4.78, 5) is 12.4. The van der Waals surface area contributed by atoms with E-state index in [1.807, 2.05) is 0 Å². The van der Waals surface area contributed by atoms with Crippen molar-refractivity contribution >= 4 is 17.5 Å². The molecule has 1 amide bonds. The standard InChI is InChI=1S/C15H13F3N4O2/c1-14(6-19)7-22(8-14)12-3-2-9(4-10(12)15(16,17)18)11-5-24-13(23)21-20-11/h2-4H,5,7-8H2,1H3,(H,21,23). The Morgan fingerprint density at radius 2 is 2.12 bits per heavy atom. The van der Waals surface area contributed by atoms with Crippen LogP contribution in [0, 0.1) is 16.7 Å². The molecule has 1 aromatic carbocycles. The first kappa shape index (κ1) is 16.1. The van der Waals surface area contributed by atoms with E-state index < -0.39 is 23.2 Å². The summed E-state index contributed by atoms with van der Waals surface area (Å²) in [6.07, 6.45) is -5.30. The molecule has 0 saturated carbocycles. The minimum Gasteiger partial charge on any atom is -0.442 e. The Kier molecular flexibility index (Phi) is 3.63. The molecule has 2 aliphatic rings. The number of benzene rings is 1. The van der Waals surface area contributed by atoms with E-state index in [-0.39, 0.29) is 36.7 Å². The second-order valence-electron chi connectivity index (χ2n) is 6.00. The van der Waals surface area contributed by atoms with Crippen molar-refractivity contribution in [3.05, 3.63) is 29.3 Å². The Balaban J connectivity index is 1.94. The highest BCUT2D eigenvalue weighted by Crippen LogP contribution is 2.42. The fraction of sp³-hybridized carbons (Fsp3) is 0.400. The van der Waals surface area contributed by atoms with Crippen molar-refractivity contribution in [2.45, 2.75) is 13.1 Å². The lowest BCUT2D eigenvalue weighted by Gasteiger charge is -2.45. The third kappa shape index (κ3) is 2.87. The van der Waals surface area contributed by atoms with Crippen LogP contribution >= 0.6 is 0 Å². The van der Waals surface area contributed by atoms with Crippen LogP contribution in [-0.2, 0) is 10.9 Å². The lowest BCUT2D eigenvalue weighted by atomic mass is 9.83. The van der Waals surface area contributed by atoms with Gasteiger partial charge < -0.3 is 9.64 Å². The van der Waals surface area contributed by atoms with E-state index in [0.717, 1.165) is 6.07 Å². The van der Waals surface area contributed by atoms with Crippen LogP contribution in [0.5, 0.6) is 0 Å². The van der Waals surface area contributed by atoms with Gasteiger partial charge in [-0.3, -0.25) is 0 Å². The zero-order valence-electron chi connectivity index (χ0n) is 12.6. The summed E-state index contributed by atoms with van der Waals surface area (Å²) >= 11 is 0. The van der Waals surface area contributed by atoms with Gasteiger partial charge in [-0.1, -0.05) is 6.07 Å². The molecule has 2 aliphatic heterocycles. The Morgan fingerprint density at radius 1 is 1.42 bits per heavy atom. The number of ether oxygens (including phenoxy) is 1. The summed E-state index contributed by atoms with van der Waals surface area (Å²) in [5.41, 5.74) is 1.08. The van der Waals surface area contributed by atoms with E-state index in [0.29, 0.717) is 0 Å². The molecule has 2 heterocycles. The molecule has 6 nitrogen and oxygen atoms in total. The van der Waals surface area contributed by atoms with E-state index in [2.05, 4.69) is 16.6 Å². The van der Waals surface area contributed by atoms with Crippen molar-refractivity contribution in [2.75, 3.05) is 24.6 Å². The van der Waals surface area contributed by atoms with Gasteiger partial charge in [-0.15, -0.1) is 0 Å². The van der Waals surface area contributed by atoms with Crippen LogP contribution in [0.3, 0.4) is 0 Å². The molecule has 1 saturated heterocycles. The molecule has 3 rings (SSSR count). The van der Waals surface area contributed by atoms with Crippen LogP contribution in [0.15, 0.2) is 23.3 Å². The predicted molar refractivity (Wildman–Crippen MR) is 78.4 cm³/mol. The number of carbonyl (C=O) groups is 1. The van der Waals surface area contributed by atoms with Crippen molar-refractivity contribution < 1.29 is 22.7 Å². The molecule has 0 aromatic heterocycles. The second-order valence-corrected chi connectivity index (χ2v) is 6.00. The first-order valence-corrected chi connectivity index (χ1v) is 7.09. The van der Waals surface area contributed by atoms with Gasteiger partial charge in [0.05, 0.1) is 17.0 Å². The molecule has 0 unspecified atom stereocenters. The fourth-order valence-electron chi connectivity index (χ4n) is 2.72. The van der Waals surface area contributed by atoms with E-state index >= 15 is 0 Å². The number of anilines is 1. The summed E-state index contributed by atoms with van der Waals surface area (Å²) in [7, 11) is 0. The van der Waals surface area contributed by atoms with E-state index in [1.165, 1.54) is 17.0 Å². The molecule has 0 aliphatic carbocycles. The van der Waals surface area contributed by atoms with E-state index in [4.69, 9.17) is 10.00 Å². The van der Waals surface area contributed by atoms with E-state index in [9.17, 15) is 18.0 Å². The first-order chi connectivity index (χ1) is 11.2. The highest BCUT2D eigenvalue weighted by molar-refractivity contribution is 6.04. The highest BCUT2D eigenvalue weighted by atomic mass is 19.4. The first-order valence-electron chi connectivity index (χ1n) is 7.09. The zero-order chi connectivity index (χ0) is 17.5. The Labute approximate surface area is 135 Å². The summed E-state index contributed by atoms with van der Waals surface area (Å²) in [6, 6.07) is 5.93. The average Bonchev–Trinajstić information content (AvgIpc) is 2.51. The van der Waals surface area contributed by atoms with Crippen LogP contribution in [-0.4, -0.2) is 31.5 Å². The molecule has 0 spiro atoms. The maximum absolute atomic E-state index is 13.4. The average molecular weight is 338 g/mol. The summed E-state index contributed by atoms with van der Waals surface area (Å²) in [6.45, 7) is 2.00. The van der Waals surface area contributed by atoms with Gasteiger partial charge in [0.1, 0.15) is 12.3 Å². The molecule has 1 N–H and O–H groups in total. The number of nitrogens with one attached hydrogen (secondary N) is 1. The van der Waals surface area contributed by atoms with Crippen LogP contribution in [0.1, 0.15) is 18.1 Å². The predicted octanol–water partition coefficient (Wildman–Crippen LogP) is 2.50. The Morgan fingerprint density at radius 3 is 2.67 bits per heavy atom. The van der Waals surface area contributed by atoms with Gasteiger partial charge in [0.15, 0.2) is 0 Å². The van der Waals surface area contributed by atoms with Gasteiger partial charge in [0.25, 0.3) is 0 Å². The molecule has 0 atom stereocenters. The molecule has 1 fully saturated rings. The minimum absolute atomic E-state index is 0.0281. The van der Waals surface area contributed by atoms with E-state index in [1.54, 1.807) is 6.92 Å². The van der Waals surface area contributed by atoms with Crippen molar-refractivity contribution in [3.63, 3.8) is 0 Å². The number of alkyl halides is 3. The normalized spacial score (nSPS) is 19.5. The third-order valence-electron chi connectivity index (χ3n) is 3.95. The number of carbonyl (C=O) groups excluding carboxylic acids is 1. The Hall–Kier alpha value is -2.76. The topological polar surface area (TPSA) is 77.7 Å². The van der Waals surface area contributed by atoms with Crippen LogP contribution < -0.4 is 10.3 Å². The molecule has 24 heavy (non-hydrogen) atoms. The van der Waals surface area contributed by atoms with Crippen LogP contribution in [0.25, 0.3) is 0 Å². The number of hydrazone groups is 1. The van der Waals surface area contributed by atoms with Gasteiger partial charge in [-0.25, -0.2) is 10.2 Å². The van der Waals surface area contributed by atoms with Gasteiger partial charge in [0, 0.05) is 24.3 Å². The van der Waals surface area contributed by atoms with Crippen molar-refractivity contribution in [1.29, 1.82) is 5.26 Å². The van der Waals surface area contributed by atoms with Crippen molar-refractivity contribution in [1.82, 2.24) is 5.43 Å². The van der Waals surface area contributed by atoms with Gasteiger partial charge in [0.2, 0.25) is 0 Å². The van der Waals surface area contributed by atoms with Crippen LogP contribution in [0.2, 0.25) is 0 Å². The lowest BCUT2D eigenvalue weighted by Crippen LogP contribution is -2.54. The van der Waals surface area contributed by atoms with Crippen LogP contribution in [0.4, 0.5) is 23.7 Å². The largest absolute Gasteiger partial charge is 0.442 e. The molecule has 1 aromatic rings. The number of hydrogen-bond donors (Lipinski definition) is 1. The highest BCUT2D eigenvalue weighted by Gasteiger charge is 2.43. The lowest BCUT2D eigenvalue weighted by molar-refractivity contribution is -0.137. The number of amides is 1. The second kappa shape index (κ2) is 5.40.